The molecule has 48 heavy (non-hydrogen) atoms. The van der Waals surface area contributed by atoms with Crippen molar-refractivity contribution in [2.24, 2.45) is 0 Å². The molecule has 3 heterocycles. The van der Waals surface area contributed by atoms with E-state index in [1.54, 1.807) is 12.1 Å². The van der Waals surface area contributed by atoms with E-state index in [9.17, 15) is 10.1 Å². The average Bonchev–Trinajstić information content (AvgIpc) is 3.79. The molecule has 6 rings (SSSR count). The molecular formula is C38H48N6O3Si. The summed E-state index contributed by atoms with van der Waals surface area (Å²) in [5, 5.41) is 9.78. The van der Waals surface area contributed by atoms with Crippen molar-refractivity contribution in [2.75, 3.05) is 4.90 Å². The summed E-state index contributed by atoms with van der Waals surface area (Å²) in [7, 11) is -1.79. The van der Waals surface area contributed by atoms with Crippen LogP contribution in [0.2, 0.25) is 18.1 Å². The molecule has 10 heteroatoms. The highest BCUT2D eigenvalue weighted by atomic mass is 28.4. The van der Waals surface area contributed by atoms with Gasteiger partial charge in [-0.1, -0.05) is 26.8 Å². The molecule has 2 aliphatic rings. The van der Waals surface area contributed by atoms with Gasteiger partial charge in [0.1, 0.15) is 17.2 Å². The van der Waals surface area contributed by atoms with E-state index in [0.29, 0.717) is 29.4 Å². The van der Waals surface area contributed by atoms with Gasteiger partial charge in [0.15, 0.2) is 8.32 Å². The van der Waals surface area contributed by atoms with Crippen LogP contribution in [0.15, 0.2) is 55.0 Å². The van der Waals surface area contributed by atoms with Crippen molar-refractivity contribution in [1.29, 1.82) is 5.26 Å². The van der Waals surface area contributed by atoms with E-state index in [4.69, 9.17) is 19.1 Å². The monoisotopic (exact) mass is 664 g/mol. The van der Waals surface area contributed by atoms with Gasteiger partial charge < -0.3 is 13.7 Å². The number of benzene rings is 1. The topological polar surface area (TPSA) is 106 Å². The van der Waals surface area contributed by atoms with Crippen molar-refractivity contribution >= 4 is 37.1 Å². The number of carbonyl (C=O) groups is 1. The van der Waals surface area contributed by atoms with Gasteiger partial charge in [-0.25, -0.2) is 24.6 Å². The lowest BCUT2D eigenvalue weighted by Gasteiger charge is -2.41. The van der Waals surface area contributed by atoms with Gasteiger partial charge in [0.25, 0.3) is 0 Å². The summed E-state index contributed by atoms with van der Waals surface area (Å²) in [4.78, 5) is 29.4. The minimum atomic E-state index is -1.79. The molecule has 0 unspecified atom stereocenters. The lowest BCUT2D eigenvalue weighted by Crippen LogP contribution is -2.44. The number of ether oxygens (including phenoxy) is 1. The maximum Gasteiger partial charge on any atom is 0.421 e. The maximum atomic E-state index is 13.7. The van der Waals surface area contributed by atoms with Gasteiger partial charge in [0.2, 0.25) is 0 Å². The smallest absolute Gasteiger partial charge is 0.421 e. The molecule has 1 amide bonds. The molecule has 2 aliphatic carbocycles. The number of aromatic nitrogens is 4. The van der Waals surface area contributed by atoms with E-state index < -0.39 is 20.0 Å². The standard InChI is InChI=1S/C38H48N6O3Si/c1-37(2,3)46-36(45)44(34-19-25(23-39)17-18-40-34)35-22-28(26-9-10-26)21-31(42-35)27-11-16-33-32(20-27)41-24-43(33)29-12-14-30(15-13-29)47-48(7,8)38(4,5)6/h11,16-22,24,26,29-30H,9-10,12-15H2,1-8H3. The zero-order chi connectivity index (χ0) is 34.4. The van der Waals surface area contributed by atoms with Crippen LogP contribution in [0.25, 0.3) is 22.3 Å². The Kier molecular flexibility index (Phi) is 8.98. The number of nitriles is 1. The number of rotatable bonds is 7. The van der Waals surface area contributed by atoms with Crippen molar-refractivity contribution in [2.45, 2.75) is 122 Å². The number of anilines is 2. The van der Waals surface area contributed by atoms with Crippen LogP contribution in [-0.2, 0) is 9.16 Å². The minimum absolute atomic E-state index is 0.212. The number of pyridine rings is 2. The molecule has 0 N–H and O–H groups in total. The molecule has 0 bridgehead atoms. The fourth-order valence-electron chi connectivity index (χ4n) is 6.19. The van der Waals surface area contributed by atoms with E-state index in [0.717, 1.165) is 66.4 Å². The number of nitrogens with zero attached hydrogens (tertiary/aromatic N) is 6. The first kappa shape index (κ1) is 33.8. The molecule has 2 saturated carbocycles. The van der Waals surface area contributed by atoms with E-state index in [1.165, 1.54) is 11.1 Å². The molecule has 0 atom stereocenters. The Labute approximate surface area is 285 Å². The molecule has 0 aliphatic heterocycles. The molecule has 252 valence electrons. The van der Waals surface area contributed by atoms with Crippen LogP contribution in [0.1, 0.15) is 103 Å². The zero-order valence-electron chi connectivity index (χ0n) is 29.6. The summed E-state index contributed by atoms with van der Waals surface area (Å²) < 4.78 is 14.9. The second-order valence-electron chi connectivity index (χ2n) is 15.9. The number of hydrogen-bond acceptors (Lipinski definition) is 7. The van der Waals surface area contributed by atoms with Crippen molar-refractivity contribution in [3.63, 3.8) is 0 Å². The van der Waals surface area contributed by atoms with Gasteiger partial charge in [-0.2, -0.15) is 5.26 Å². The fourth-order valence-corrected chi connectivity index (χ4v) is 7.61. The Morgan fingerprint density at radius 3 is 2.31 bits per heavy atom. The Hall–Kier alpha value is -4.07. The molecule has 0 saturated heterocycles. The first-order valence-electron chi connectivity index (χ1n) is 17.2. The highest BCUT2D eigenvalue weighted by molar-refractivity contribution is 6.74. The van der Waals surface area contributed by atoms with E-state index >= 15 is 0 Å². The van der Waals surface area contributed by atoms with Crippen molar-refractivity contribution in [3.05, 3.63) is 66.1 Å². The highest BCUT2D eigenvalue weighted by Gasteiger charge is 2.40. The third-order valence-electron chi connectivity index (χ3n) is 9.97. The van der Waals surface area contributed by atoms with Gasteiger partial charge in [0, 0.05) is 23.9 Å². The lowest BCUT2D eigenvalue weighted by atomic mass is 9.93. The third-order valence-corrected chi connectivity index (χ3v) is 14.5. The Morgan fingerprint density at radius 2 is 1.67 bits per heavy atom. The van der Waals surface area contributed by atoms with Gasteiger partial charge in [-0.05, 0) is 125 Å². The molecule has 3 aromatic heterocycles. The predicted octanol–water partition coefficient (Wildman–Crippen LogP) is 9.82. The predicted molar refractivity (Wildman–Crippen MR) is 192 cm³/mol. The summed E-state index contributed by atoms with van der Waals surface area (Å²) in [5.41, 5.74) is 4.47. The first-order valence-corrected chi connectivity index (χ1v) is 20.1. The number of fused-ring (bicyclic) bond motifs is 1. The second-order valence-corrected chi connectivity index (χ2v) is 20.7. The minimum Gasteiger partial charge on any atom is -0.443 e. The third kappa shape index (κ3) is 7.32. The van der Waals surface area contributed by atoms with Gasteiger partial charge in [-0.15, -0.1) is 0 Å². The van der Waals surface area contributed by atoms with Gasteiger partial charge in [0.05, 0.1) is 34.7 Å². The first-order chi connectivity index (χ1) is 22.6. The highest BCUT2D eigenvalue weighted by Crippen LogP contribution is 2.44. The number of imidazole rings is 1. The largest absolute Gasteiger partial charge is 0.443 e. The zero-order valence-corrected chi connectivity index (χ0v) is 30.6. The van der Waals surface area contributed by atoms with E-state index in [-0.39, 0.29) is 10.9 Å². The molecule has 4 aromatic rings. The SMILES string of the molecule is CC(C)(C)OC(=O)N(c1cc(C#N)ccn1)c1cc(C2CC2)cc(-c2ccc3c(c2)ncn3C2CCC(O[Si](C)(C)C(C)(C)C)CC2)n1. The van der Waals surface area contributed by atoms with Crippen LogP contribution < -0.4 is 4.90 Å². The summed E-state index contributed by atoms with van der Waals surface area (Å²) >= 11 is 0. The van der Waals surface area contributed by atoms with Crippen LogP contribution in [0.5, 0.6) is 0 Å². The Morgan fingerprint density at radius 1 is 0.938 bits per heavy atom. The van der Waals surface area contributed by atoms with Crippen molar-refractivity contribution in [1.82, 2.24) is 19.5 Å². The maximum absolute atomic E-state index is 13.7. The van der Waals surface area contributed by atoms with Crippen LogP contribution in [-0.4, -0.2) is 45.6 Å². The lowest BCUT2D eigenvalue weighted by molar-refractivity contribution is 0.0597. The molecule has 0 radical (unpaired) electrons. The van der Waals surface area contributed by atoms with Crippen LogP contribution in [0, 0.1) is 11.3 Å². The Balaban J connectivity index is 1.30. The van der Waals surface area contributed by atoms with E-state index in [2.05, 4.69) is 73.8 Å². The van der Waals surface area contributed by atoms with Gasteiger partial charge in [-0.3, -0.25) is 0 Å². The Bertz CT molecular complexity index is 1850. The quantitative estimate of drug-likeness (QED) is 0.181. The van der Waals surface area contributed by atoms with E-state index in [1.807, 2.05) is 33.2 Å². The summed E-state index contributed by atoms with van der Waals surface area (Å²) in [5.74, 6) is 1.10. The molecule has 1 aromatic carbocycles. The van der Waals surface area contributed by atoms with Crippen LogP contribution in [0.4, 0.5) is 16.4 Å². The molecule has 0 spiro atoms. The second kappa shape index (κ2) is 12.8. The molecule has 2 fully saturated rings. The average molecular weight is 665 g/mol. The van der Waals surface area contributed by atoms with Crippen LogP contribution >= 0.6 is 0 Å². The fraction of sp³-hybridized carbons (Fsp3) is 0.500. The van der Waals surface area contributed by atoms with Gasteiger partial charge >= 0.3 is 6.09 Å². The summed E-state index contributed by atoms with van der Waals surface area (Å²) in [6, 6.07) is 16.1. The molecular weight excluding hydrogens is 617 g/mol. The van der Waals surface area contributed by atoms with Crippen LogP contribution in [0.3, 0.4) is 0 Å². The normalized spacial score (nSPS) is 18.8. The number of hydrogen-bond donors (Lipinski definition) is 0. The number of carbonyl (C=O) groups excluding carboxylic acids is 1. The van der Waals surface area contributed by atoms with Crippen molar-refractivity contribution < 1.29 is 14.0 Å². The summed E-state index contributed by atoms with van der Waals surface area (Å²) in [6.45, 7) is 17.1. The number of amides is 1. The molecule has 9 nitrogen and oxygen atoms in total. The van der Waals surface area contributed by atoms with Crippen molar-refractivity contribution in [3.8, 4) is 17.3 Å². The summed E-state index contributed by atoms with van der Waals surface area (Å²) in [6.07, 6.45) is 9.68.